The lowest BCUT2D eigenvalue weighted by Gasteiger charge is -2.15. The lowest BCUT2D eigenvalue weighted by molar-refractivity contribution is 0.278. The van der Waals surface area contributed by atoms with E-state index >= 15 is 0 Å². The van der Waals surface area contributed by atoms with E-state index in [0.29, 0.717) is 24.6 Å². The van der Waals surface area contributed by atoms with Crippen molar-refractivity contribution in [1.82, 2.24) is 30.2 Å². The van der Waals surface area contributed by atoms with Crippen molar-refractivity contribution in [2.24, 2.45) is 0 Å². The summed E-state index contributed by atoms with van der Waals surface area (Å²) >= 11 is 6.13. The van der Waals surface area contributed by atoms with Crippen molar-refractivity contribution in [2.45, 2.75) is 39.3 Å². The fraction of sp³-hybridized carbons (Fsp3) is 0.261. The second-order valence-electron chi connectivity index (χ2n) is 7.43. The minimum atomic E-state index is -0.440. The number of benzene rings is 2. The molecule has 0 aliphatic heterocycles. The SMILES string of the molecule is CCCCc1nc(Cl)c(CO)c(=O)n1Cc1ccc(-c2ccccc2-c2nn[nH]n2)cc1. The molecular weight excluding hydrogens is 428 g/mol. The number of rotatable bonds is 8. The van der Waals surface area contributed by atoms with Crippen LogP contribution in [0.1, 0.15) is 36.7 Å². The monoisotopic (exact) mass is 450 g/mol. The highest BCUT2D eigenvalue weighted by Crippen LogP contribution is 2.29. The molecule has 2 N–H and O–H groups in total. The first kappa shape index (κ1) is 21.9. The van der Waals surface area contributed by atoms with Crippen molar-refractivity contribution in [3.63, 3.8) is 0 Å². The highest BCUT2D eigenvalue weighted by Gasteiger charge is 2.16. The maximum absolute atomic E-state index is 12.9. The predicted octanol–water partition coefficient (Wildman–Crippen LogP) is 3.63. The molecule has 2 heterocycles. The van der Waals surface area contributed by atoms with E-state index in [1.165, 1.54) is 0 Å². The third-order valence-electron chi connectivity index (χ3n) is 5.32. The number of halogens is 1. The average molecular weight is 451 g/mol. The molecule has 0 bridgehead atoms. The van der Waals surface area contributed by atoms with Gasteiger partial charge in [0.15, 0.2) is 0 Å². The number of aliphatic hydroxyl groups excluding tert-OH is 1. The maximum atomic E-state index is 12.9. The summed E-state index contributed by atoms with van der Waals surface area (Å²) in [6.45, 7) is 1.99. The van der Waals surface area contributed by atoms with Gasteiger partial charge in [0.05, 0.1) is 18.7 Å². The average Bonchev–Trinajstić information content (AvgIpc) is 3.35. The molecule has 8 nitrogen and oxygen atoms in total. The smallest absolute Gasteiger partial charge is 0.260 e. The summed E-state index contributed by atoms with van der Waals surface area (Å²) in [6.07, 6.45) is 2.52. The maximum Gasteiger partial charge on any atom is 0.260 e. The molecule has 4 rings (SSSR count). The van der Waals surface area contributed by atoms with E-state index in [9.17, 15) is 9.90 Å². The van der Waals surface area contributed by atoms with Crippen LogP contribution in [-0.2, 0) is 19.6 Å². The largest absolute Gasteiger partial charge is 0.391 e. The Morgan fingerprint density at radius 1 is 1.09 bits per heavy atom. The zero-order chi connectivity index (χ0) is 22.5. The number of aromatic amines is 1. The first-order valence-electron chi connectivity index (χ1n) is 10.4. The Bertz CT molecular complexity index is 1250. The highest BCUT2D eigenvalue weighted by molar-refractivity contribution is 6.30. The van der Waals surface area contributed by atoms with Gasteiger partial charge in [-0.25, -0.2) is 4.98 Å². The fourth-order valence-corrected chi connectivity index (χ4v) is 3.85. The number of aromatic nitrogens is 6. The number of nitrogens with zero attached hydrogens (tertiary/aromatic N) is 5. The van der Waals surface area contributed by atoms with Gasteiger partial charge in [-0.3, -0.25) is 9.36 Å². The lowest BCUT2D eigenvalue weighted by atomic mass is 9.98. The molecule has 4 aromatic rings. The second kappa shape index (κ2) is 9.84. The van der Waals surface area contributed by atoms with Gasteiger partial charge in [-0.15, -0.1) is 10.2 Å². The van der Waals surface area contributed by atoms with Crippen LogP contribution in [0.5, 0.6) is 0 Å². The Morgan fingerprint density at radius 3 is 2.50 bits per heavy atom. The third kappa shape index (κ3) is 4.46. The van der Waals surface area contributed by atoms with Crippen molar-refractivity contribution >= 4 is 11.6 Å². The molecule has 0 radical (unpaired) electrons. The fourth-order valence-electron chi connectivity index (χ4n) is 3.61. The molecule has 0 spiro atoms. The molecule has 32 heavy (non-hydrogen) atoms. The third-order valence-corrected chi connectivity index (χ3v) is 5.63. The molecule has 0 saturated heterocycles. The van der Waals surface area contributed by atoms with Crippen LogP contribution in [0.15, 0.2) is 53.3 Å². The standard InChI is InChI=1S/C23H23ClN6O2/c1-2-3-8-20-25-21(24)19(14-31)23(32)30(20)13-15-9-11-16(12-10-15)17-6-4-5-7-18(17)22-26-28-29-27-22/h4-7,9-12,31H,2-3,8,13-14H2,1H3,(H,26,27,28,29). The van der Waals surface area contributed by atoms with E-state index < -0.39 is 6.61 Å². The summed E-state index contributed by atoms with van der Waals surface area (Å²) in [5.41, 5.74) is 3.62. The Hall–Kier alpha value is -3.36. The van der Waals surface area contributed by atoms with Crippen LogP contribution in [0.25, 0.3) is 22.5 Å². The first-order valence-corrected chi connectivity index (χ1v) is 10.8. The number of aliphatic hydroxyl groups is 1. The van der Waals surface area contributed by atoms with Crippen molar-refractivity contribution in [1.29, 1.82) is 0 Å². The molecule has 0 aliphatic carbocycles. The first-order chi connectivity index (χ1) is 15.6. The number of hydrogen-bond donors (Lipinski definition) is 2. The van der Waals surface area contributed by atoms with Gasteiger partial charge in [-0.05, 0) is 28.3 Å². The second-order valence-corrected chi connectivity index (χ2v) is 7.79. The summed E-state index contributed by atoms with van der Waals surface area (Å²) < 4.78 is 1.61. The number of H-pyrrole nitrogens is 1. The minimum Gasteiger partial charge on any atom is -0.391 e. The Balaban J connectivity index is 1.67. The van der Waals surface area contributed by atoms with Crippen LogP contribution in [0.2, 0.25) is 5.15 Å². The van der Waals surface area contributed by atoms with Gasteiger partial charge in [-0.2, -0.15) is 5.21 Å². The molecule has 2 aromatic carbocycles. The summed E-state index contributed by atoms with van der Waals surface area (Å²) in [6, 6.07) is 15.8. The zero-order valence-electron chi connectivity index (χ0n) is 17.6. The van der Waals surface area contributed by atoms with Crippen LogP contribution in [-0.4, -0.2) is 35.3 Å². The van der Waals surface area contributed by atoms with Gasteiger partial charge in [-0.1, -0.05) is 73.5 Å². The van der Waals surface area contributed by atoms with Gasteiger partial charge < -0.3 is 5.11 Å². The predicted molar refractivity (Wildman–Crippen MR) is 122 cm³/mol. The van der Waals surface area contributed by atoms with Crippen LogP contribution in [0.4, 0.5) is 0 Å². The van der Waals surface area contributed by atoms with E-state index in [1.807, 2.05) is 48.5 Å². The molecule has 0 unspecified atom stereocenters. The topological polar surface area (TPSA) is 110 Å². The number of aryl methyl sites for hydroxylation is 1. The Morgan fingerprint density at radius 2 is 1.84 bits per heavy atom. The van der Waals surface area contributed by atoms with Crippen molar-refractivity contribution in [3.8, 4) is 22.5 Å². The van der Waals surface area contributed by atoms with E-state index in [1.54, 1.807) is 4.57 Å². The van der Waals surface area contributed by atoms with Crippen molar-refractivity contribution < 1.29 is 5.11 Å². The molecule has 2 aromatic heterocycles. The number of unbranched alkanes of at least 4 members (excludes halogenated alkanes) is 1. The zero-order valence-corrected chi connectivity index (χ0v) is 18.4. The van der Waals surface area contributed by atoms with Gasteiger partial charge in [0.25, 0.3) is 5.56 Å². The van der Waals surface area contributed by atoms with E-state index in [0.717, 1.165) is 35.1 Å². The van der Waals surface area contributed by atoms with Gasteiger partial charge >= 0.3 is 0 Å². The summed E-state index contributed by atoms with van der Waals surface area (Å²) in [4.78, 5) is 17.3. The number of nitrogens with one attached hydrogen (secondary N) is 1. The molecular formula is C23H23ClN6O2. The van der Waals surface area contributed by atoms with Gasteiger partial charge in [0, 0.05) is 12.0 Å². The molecule has 0 amide bonds. The van der Waals surface area contributed by atoms with E-state index in [2.05, 4.69) is 32.5 Å². The van der Waals surface area contributed by atoms with Crippen LogP contribution < -0.4 is 5.56 Å². The van der Waals surface area contributed by atoms with Gasteiger partial charge in [0.2, 0.25) is 5.82 Å². The molecule has 0 aliphatic rings. The van der Waals surface area contributed by atoms with Crippen molar-refractivity contribution in [2.75, 3.05) is 0 Å². The van der Waals surface area contributed by atoms with Gasteiger partial charge in [0.1, 0.15) is 11.0 Å². The molecule has 0 saturated carbocycles. The Kier molecular flexibility index (Phi) is 6.72. The lowest BCUT2D eigenvalue weighted by Crippen LogP contribution is -2.29. The van der Waals surface area contributed by atoms with E-state index in [4.69, 9.17) is 11.6 Å². The molecule has 0 atom stereocenters. The normalized spacial score (nSPS) is 11.1. The summed E-state index contributed by atoms with van der Waals surface area (Å²) in [5.74, 6) is 1.16. The number of hydrogen-bond acceptors (Lipinski definition) is 6. The summed E-state index contributed by atoms with van der Waals surface area (Å²) in [7, 11) is 0. The minimum absolute atomic E-state index is 0.0771. The molecule has 0 fully saturated rings. The van der Waals surface area contributed by atoms with Crippen LogP contribution in [0, 0.1) is 0 Å². The Labute approximate surface area is 189 Å². The molecule has 9 heteroatoms. The number of tetrazole rings is 1. The summed E-state index contributed by atoms with van der Waals surface area (Å²) in [5, 5.41) is 24.0. The van der Waals surface area contributed by atoms with E-state index in [-0.39, 0.29) is 16.3 Å². The quantitative estimate of drug-likeness (QED) is 0.397. The van der Waals surface area contributed by atoms with Crippen LogP contribution >= 0.6 is 11.6 Å². The highest BCUT2D eigenvalue weighted by atomic mass is 35.5. The van der Waals surface area contributed by atoms with Crippen LogP contribution in [0.3, 0.4) is 0 Å². The molecule has 164 valence electrons. The van der Waals surface area contributed by atoms with Crippen molar-refractivity contribution in [3.05, 3.63) is 81.0 Å².